The Morgan fingerprint density at radius 3 is 2.62 bits per heavy atom. The van der Waals surface area contributed by atoms with E-state index in [9.17, 15) is 8.78 Å². The predicted molar refractivity (Wildman–Crippen MR) is 80.4 cm³/mol. The molecular formula is C15H10Cl2F2N2. The molecule has 0 saturated carbocycles. The van der Waals surface area contributed by atoms with E-state index in [0.29, 0.717) is 34.8 Å². The van der Waals surface area contributed by atoms with E-state index >= 15 is 0 Å². The Bertz CT molecular complexity index is 815. The van der Waals surface area contributed by atoms with Crippen LogP contribution in [0.1, 0.15) is 5.82 Å². The summed E-state index contributed by atoms with van der Waals surface area (Å²) in [4.78, 5) is 4.37. The van der Waals surface area contributed by atoms with Gasteiger partial charge >= 0.3 is 0 Å². The van der Waals surface area contributed by atoms with Crippen molar-refractivity contribution in [3.8, 4) is 5.69 Å². The summed E-state index contributed by atoms with van der Waals surface area (Å²) >= 11 is 11.5. The van der Waals surface area contributed by atoms with Crippen LogP contribution in [0, 0.1) is 11.6 Å². The first-order chi connectivity index (χ1) is 10.1. The Kier molecular flexibility index (Phi) is 3.83. The van der Waals surface area contributed by atoms with Crippen molar-refractivity contribution in [2.24, 2.45) is 0 Å². The Labute approximate surface area is 129 Å². The van der Waals surface area contributed by atoms with E-state index in [1.165, 1.54) is 24.3 Å². The zero-order valence-electron chi connectivity index (χ0n) is 10.8. The van der Waals surface area contributed by atoms with Crippen molar-refractivity contribution in [3.05, 3.63) is 58.9 Å². The first kappa shape index (κ1) is 14.3. The second-order valence-corrected chi connectivity index (χ2v) is 5.32. The minimum absolute atomic E-state index is 0.0492. The van der Waals surface area contributed by atoms with Crippen LogP contribution in [-0.4, -0.2) is 15.4 Å². The van der Waals surface area contributed by atoms with Crippen molar-refractivity contribution in [1.82, 2.24) is 9.55 Å². The lowest BCUT2D eigenvalue weighted by Gasteiger charge is -2.09. The molecule has 2 aromatic carbocycles. The molecule has 6 heteroatoms. The van der Waals surface area contributed by atoms with Crippen LogP contribution in [0.5, 0.6) is 0 Å². The number of aromatic nitrogens is 2. The molecule has 1 aromatic heterocycles. The molecule has 0 aliphatic rings. The van der Waals surface area contributed by atoms with Crippen molar-refractivity contribution in [3.63, 3.8) is 0 Å². The third-order valence-corrected chi connectivity index (χ3v) is 3.66. The van der Waals surface area contributed by atoms with Crippen LogP contribution in [0.4, 0.5) is 8.78 Å². The molecule has 3 aromatic rings. The molecule has 1 heterocycles. The summed E-state index contributed by atoms with van der Waals surface area (Å²) in [6.07, 6.45) is 0.488. The minimum atomic E-state index is -0.519. The summed E-state index contributed by atoms with van der Waals surface area (Å²) in [7, 11) is 0. The molecule has 21 heavy (non-hydrogen) atoms. The van der Waals surface area contributed by atoms with Gasteiger partial charge in [-0.15, -0.1) is 11.6 Å². The average molecular weight is 327 g/mol. The summed E-state index contributed by atoms with van der Waals surface area (Å²) in [6.45, 7) is 0. The minimum Gasteiger partial charge on any atom is -0.296 e. The molecule has 0 aliphatic carbocycles. The third kappa shape index (κ3) is 2.61. The molecule has 0 spiro atoms. The van der Waals surface area contributed by atoms with Gasteiger partial charge in [0.25, 0.3) is 0 Å². The maximum absolute atomic E-state index is 13.7. The van der Waals surface area contributed by atoms with Gasteiger partial charge in [0.15, 0.2) is 0 Å². The molecule has 0 bridgehead atoms. The standard InChI is InChI=1S/C15H10Cl2F2N2/c16-6-5-15-20-13-7-9(18)1-4-14(13)21(15)10-2-3-11(17)12(19)8-10/h1-4,7-8H,5-6H2. The second kappa shape index (κ2) is 5.62. The van der Waals surface area contributed by atoms with Crippen LogP contribution in [0.3, 0.4) is 0 Å². The Hall–Kier alpha value is -1.65. The van der Waals surface area contributed by atoms with Gasteiger partial charge in [0, 0.05) is 18.4 Å². The fourth-order valence-corrected chi connectivity index (χ4v) is 2.55. The van der Waals surface area contributed by atoms with Crippen molar-refractivity contribution in [1.29, 1.82) is 0 Å². The van der Waals surface area contributed by atoms with Gasteiger partial charge in [0.05, 0.1) is 21.7 Å². The molecule has 0 amide bonds. The number of aryl methyl sites for hydroxylation is 1. The summed E-state index contributed by atoms with van der Waals surface area (Å²) < 4.78 is 28.8. The van der Waals surface area contributed by atoms with Crippen molar-refractivity contribution < 1.29 is 8.78 Å². The van der Waals surface area contributed by atoms with Gasteiger partial charge in [0.2, 0.25) is 0 Å². The van der Waals surface area contributed by atoms with Gasteiger partial charge in [-0.1, -0.05) is 11.6 Å². The average Bonchev–Trinajstić information content (AvgIpc) is 2.79. The fraction of sp³-hybridized carbons (Fsp3) is 0.133. The zero-order valence-corrected chi connectivity index (χ0v) is 12.3. The molecule has 0 atom stereocenters. The number of rotatable bonds is 3. The van der Waals surface area contributed by atoms with Crippen LogP contribution >= 0.6 is 23.2 Å². The highest BCUT2D eigenvalue weighted by Gasteiger charge is 2.14. The van der Waals surface area contributed by atoms with E-state index in [4.69, 9.17) is 23.2 Å². The van der Waals surface area contributed by atoms with Crippen LogP contribution in [-0.2, 0) is 6.42 Å². The number of nitrogens with zero attached hydrogens (tertiary/aromatic N) is 2. The number of alkyl halides is 1. The first-order valence-corrected chi connectivity index (χ1v) is 7.19. The normalized spacial score (nSPS) is 11.2. The van der Waals surface area contributed by atoms with E-state index in [2.05, 4.69) is 4.98 Å². The second-order valence-electron chi connectivity index (χ2n) is 4.53. The number of benzene rings is 2. The highest BCUT2D eigenvalue weighted by molar-refractivity contribution is 6.30. The quantitative estimate of drug-likeness (QED) is 0.636. The molecule has 0 radical (unpaired) electrons. The lowest BCUT2D eigenvalue weighted by molar-refractivity contribution is 0.626. The van der Waals surface area contributed by atoms with Crippen molar-refractivity contribution in [2.45, 2.75) is 6.42 Å². The SMILES string of the molecule is Fc1ccc2c(c1)nc(CCCl)n2-c1ccc(Cl)c(F)c1. The highest BCUT2D eigenvalue weighted by Crippen LogP contribution is 2.25. The topological polar surface area (TPSA) is 17.8 Å². The first-order valence-electron chi connectivity index (χ1n) is 6.28. The van der Waals surface area contributed by atoms with Crippen LogP contribution in [0.2, 0.25) is 5.02 Å². The summed E-state index contributed by atoms with van der Waals surface area (Å²) in [6, 6.07) is 8.79. The number of fused-ring (bicyclic) bond motifs is 1. The monoisotopic (exact) mass is 326 g/mol. The van der Waals surface area contributed by atoms with Crippen LogP contribution in [0.15, 0.2) is 36.4 Å². The van der Waals surface area contributed by atoms with E-state index in [1.54, 1.807) is 16.7 Å². The number of hydrogen-bond donors (Lipinski definition) is 0. The summed E-state index contributed by atoms with van der Waals surface area (Å²) in [5.41, 5.74) is 1.77. The predicted octanol–water partition coefficient (Wildman–Crippen LogP) is 4.74. The Morgan fingerprint density at radius 2 is 1.90 bits per heavy atom. The van der Waals surface area contributed by atoms with Gasteiger partial charge in [-0.05, 0) is 30.3 Å². The third-order valence-electron chi connectivity index (χ3n) is 3.17. The number of halogens is 4. The summed E-state index contributed by atoms with van der Waals surface area (Å²) in [5, 5.41) is 0.0492. The largest absolute Gasteiger partial charge is 0.296 e. The van der Waals surface area contributed by atoms with Crippen LogP contribution in [0.25, 0.3) is 16.7 Å². The highest BCUT2D eigenvalue weighted by atomic mass is 35.5. The molecule has 108 valence electrons. The Morgan fingerprint density at radius 1 is 1.10 bits per heavy atom. The zero-order chi connectivity index (χ0) is 15.0. The van der Waals surface area contributed by atoms with Crippen molar-refractivity contribution in [2.75, 3.05) is 5.88 Å². The molecule has 3 rings (SSSR count). The molecule has 0 aliphatic heterocycles. The van der Waals surface area contributed by atoms with E-state index in [1.807, 2.05) is 0 Å². The smallest absolute Gasteiger partial charge is 0.143 e. The molecule has 0 unspecified atom stereocenters. The lowest BCUT2D eigenvalue weighted by atomic mass is 10.2. The fourth-order valence-electron chi connectivity index (χ4n) is 2.27. The number of imidazole rings is 1. The summed E-state index contributed by atoms with van der Waals surface area (Å²) in [5.74, 6) is 0.121. The van der Waals surface area contributed by atoms with Gasteiger partial charge in [-0.25, -0.2) is 13.8 Å². The van der Waals surface area contributed by atoms with E-state index in [-0.39, 0.29) is 10.8 Å². The maximum atomic E-state index is 13.7. The molecule has 0 fully saturated rings. The van der Waals surface area contributed by atoms with Gasteiger partial charge < -0.3 is 0 Å². The molecule has 2 nitrogen and oxygen atoms in total. The van der Waals surface area contributed by atoms with Crippen LogP contribution < -0.4 is 0 Å². The van der Waals surface area contributed by atoms with E-state index < -0.39 is 5.82 Å². The van der Waals surface area contributed by atoms with Gasteiger partial charge in [-0.2, -0.15) is 0 Å². The van der Waals surface area contributed by atoms with Crippen molar-refractivity contribution >= 4 is 34.2 Å². The molecular weight excluding hydrogens is 317 g/mol. The van der Waals surface area contributed by atoms with Gasteiger partial charge in [0.1, 0.15) is 17.5 Å². The molecule has 0 saturated heterocycles. The maximum Gasteiger partial charge on any atom is 0.143 e. The van der Waals surface area contributed by atoms with E-state index in [0.717, 1.165) is 0 Å². The molecule has 0 N–H and O–H groups in total. The Balaban J connectivity index is 2.27. The lowest BCUT2D eigenvalue weighted by Crippen LogP contribution is -2.02. The van der Waals surface area contributed by atoms with Gasteiger partial charge in [-0.3, -0.25) is 4.57 Å². The number of hydrogen-bond acceptors (Lipinski definition) is 1.